The topological polar surface area (TPSA) is 39.7 Å². The first-order valence-corrected chi connectivity index (χ1v) is 9.46. The molecule has 0 aliphatic carbocycles. The standard InChI is InChI=1S/C22H30N4/c1-17-9-10-20(18(2)13-17)15-25-22(23-3)24-14-19-11-12-26(16-19)21-7-5-4-6-8-21/h4-10,13,19H,11-12,14-16H2,1-3H3,(H2,23,24,25). The number of aryl methyl sites for hydroxylation is 2. The second kappa shape index (κ2) is 8.75. The van der Waals surface area contributed by atoms with Crippen LogP contribution in [-0.2, 0) is 6.54 Å². The van der Waals surface area contributed by atoms with Gasteiger partial charge < -0.3 is 15.5 Å². The van der Waals surface area contributed by atoms with Gasteiger partial charge in [0, 0.05) is 38.9 Å². The first-order chi connectivity index (χ1) is 12.7. The molecular formula is C22H30N4. The molecule has 4 nitrogen and oxygen atoms in total. The minimum Gasteiger partial charge on any atom is -0.371 e. The summed E-state index contributed by atoms with van der Waals surface area (Å²) >= 11 is 0. The number of hydrogen-bond donors (Lipinski definition) is 2. The van der Waals surface area contributed by atoms with Crippen LogP contribution in [0.4, 0.5) is 5.69 Å². The van der Waals surface area contributed by atoms with Gasteiger partial charge in [-0.05, 0) is 49.4 Å². The van der Waals surface area contributed by atoms with Crippen LogP contribution < -0.4 is 15.5 Å². The highest BCUT2D eigenvalue weighted by atomic mass is 15.2. The molecule has 1 unspecified atom stereocenters. The normalized spacial score (nSPS) is 17.4. The monoisotopic (exact) mass is 350 g/mol. The van der Waals surface area contributed by atoms with Gasteiger partial charge in [-0.25, -0.2) is 0 Å². The number of nitrogens with one attached hydrogen (secondary N) is 2. The molecule has 1 aliphatic heterocycles. The molecule has 1 heterocycles. The lowest BCUT2D eigenvalue weighted by atomic mass is 10.1. The Morgan fingerprint density at radius 3 is 2.65 bits per heavy atom. The third-order valence-electron chi connectivity index (χ3n) is 5.13. The first kappa shape index (κ1) is 18.3. The Balaban J connectivity index is 1.46. The predicted molar refractivity (Wildman–Crippen MR) is 111 cm³/mol. The number of rotatable bonds is 5. The van der Waals surface area contributed by atoms with Crippen LogP contribution in [0.5, 0.6) is 0 Å². The molecule has 0 aromatic heterocycles. The van der Waals surface area contributed by atoms with Crippen molar-refractivity contribution in [1.82, 2.24) is 10.6 Å². The molecule has 0 bridgehead atoms. The summed E-state index contributed by atoms with van der Waals surface area (Å²) in [4.78, 5) is 6.84. The Labute approximate surface area is 157 Å². The fraction of sp³-hybridized carbons (Fsp3) is 0.409. The lowest BCUT2D eigenvalue weighted by Crippen LogP contribution is -2.40. The van der Waals surface area contributed by atoms with Crippen LogP contribution in [-0.4, -0.2) is 32.6 Å². The van der Waals surface area contributed by atoms with Crippen molar-refractivity contribution in [2.75, 3.05) is 31.6 Å². The average Bonchev–Trinajstić information content (AvgIpc) is 3.13. The van der Waals surface area contributed by atoms with E-state index in [1.807, 2.05) is 7.05 Å². The third kappa shape index (κ3) is 4.78. The molecular weight excluding hydrogens is 320 g/mol. The van der Waals surface area contributed by atoms with Gasteiger partial charge in [-0.3, -0.25) is 4.99 Å². The maximum absolute atomic E-state index is 4.37. The smallest absolute Gasteiger partial charge is 0.191 e. The number of nitrogens with zero attached hydrogens (tertiary/aromatic N) is 2. The molecule has 1 fully saturated rings. The van der Waals surface area contributed by atoms with Gasteiger partial charge in [0.1, 0.15) is 0 Å². The Kier molecular flexibility index (Phi) is 6.16. The molecule has 0 saturated carbocycles. The minimum atomic E-state index is 0.648. The van der Waals surface area contributed by atoms with Crippen molar-refractivity contribution in [3.05, 3.63) is 65.2 Å². The number of para-hydroxylation sites is 1. The first-order valence-electron chi connectivity index (χ1n) is 9.46. The van der Waals surface area contributed by atoms with Crippen LogP contribution in [0, 0.1) is 19.8 Å². The summed E-state index contributed by atoms with van der Waals surface area (Å²) in [6.45, 7) is 8.28. The zero-order valence-electron chi connectivity index (χ0n) is 16.1. The lowest BCUT2D eigenvalue weighted by molar-refractivity contribution is 0.565. The summed E-state index contributed by atoms with van der Waals surface area (Å²) < 4.78 is 0. The summed E-state index contributed by atoms with van der Waals surface area (Å²) in [6, 6.07) is 17.3. The van der Waals surface area contributed by atoms with Crippen LogP contribution in [0.1, 0.15) is 23.1 Å². The van der Waals surface area contributed by atoms with Crippen molar-refractivity contribution in [3.63, 3.8) is 0 Å². The zero-order chi connectivity index (χ0) is 18.4. The van der Waals surface area contributed by atoms with Gasteiger partial charge >= 0.3 is 0 Å². The van der Waals surface area contributed by atoms with E-state index < -0.39 is 0 Å². The Morgan fingerprint density at radius 2 is 1.92 bits per heavy atom. The van der Waals surface area contributed by atoms with E-state index in [0.29, 0.717) is 5.92 Å². The molecule has 138 valence electrons. The number of benzene rings is 2. The van der Waals surface area contributed by atoms with Crippen LogP contribution in [0.2, 0.25) is 0 Å². The van der Waals surface area contributed by atoms with Crippen molar-refractivity contribution in [3.8, 4) is 0 Å². The van der Waals surface area contributed by atoms with Gasteiger partial charge in [0.05, 0.1) is 0 Å². The summed E-state index contributed by atoms with van der Waals surface area (Å²) in [5, 5.41) is 6.93. The molecule has 2 aromatic rings. The van der Waals surface area contributed by atoms with E-state index in [0.717, 1.165) is 32.1 Å². The van der Waals surface area contributed by atoms with Crippen molar-refractivity contribution in [2.45, 2.75) is 26.8 Å². The van der Waals surface area contributed by atoms with E-state index >= 15 is 0 Å². The van der Waals surface area contributed by atoms with Gasteiger partial charge in [-0.15, -0.1) is 0 Å². The molecule has 26 heavy (non-hydrogen) atoms. The van der Waals surface area contributed by atoms with Crippen molar-refractivity contribution in [1.29, 1.82) is 0 Å². The van der Waals surface area contributed by atoms with Crippen LogP contribution in [0.15, 0.2) is 53.5 Å². The van der Waals surface area contributed by atoms with Crippen molar-refractivity contribution >= 4 is 11.6 Å². The van der Waals surface area contributed by atoms with Crippen molar-refractivity contribution < 1.29 is 0 Å². The SMILES string of the molecule is CN=C(NCc1ccc(C)cc1C)NCC1CCN(c2ccccc2)C1. The molecule has 0 spiro atoms. The molecule has 2 aromatic carbocycles. The molecule has 2 N–H and O–H groups in total. The van der Waals surface area contributed by atoms with E-state index in [4.69, 9.17) is 0 Å². The lowest BCUT2D eigenvalue weighted by Gasteiger charge is -2.19. The highest BCUT2D eigenvalue weighted by Crippen LogP contribution is 2.22. The summed E-state index contributed by atoms with van der Waals surface area (Å²) in [6.07, 6.45) is 1.22. The number of guanidine groups is 1. The predicted octanol–water partition coefficient (Wildman–Crippen LogP) is 3.49. The molecule has 1 atom stereocenters. The van der Waals surface area contributed by atoms with Crippen molar-refractivity contribution in [2.24, 2.45) is 10.9 Å². The van der Waals surface area contributed by atoms with E-state index in [9.17, 15) is 0 Å². The molecule has 1 aliphatic rings. The van der Waals surface area contributed by atoms with Crippen LogP contribution in [0.25, 0.3) is 0 Å². The quantitative estimate of drug-likeness (QED) is 0.640. The third-order valence-corrected chi connectivity index (χ3v) is 5.13. The summed E-state index contributed by atoms with van der Waals surface area (Å²) in [5.74, 6) is 1.53. The second-order valence-electron chi connectivity index (χ2n) is 7.17. The van der Waals surface area contributed by atoms with E-state index in [1.165, 1.54) is 28.8 Å². The Hall–Kier alpha value is -2.49. The number of hydrogen-bond acceptors (Lipinski definition) is 2. The second-order valence-corrected chi connectivity index (χ2v) is 7.17. The number of anilines is 1. The Morgan fingerprint density at radius 1 is 1.12 bits per heavy atom. The zero-order valence-corrected chi connectivity index (χ0v) is 16.1. The maximum atomic E-state index is 4.37. The highest BCUT2D eigenvalue weighted by molar-refractivity contribution is 5.79. The van der Waals surface area contributed by atoms with Gasteiger partial charge in [-0.1, -0.05) is 42.0 Å². The fourth-order valence-electron chi connectivity index (χ4n) is 3.56. The summed E-state index contributed by atoms with van der Waals surface area (Å²) in [7, 11) is 1.84. The van der Waals surface area contributed by atoms with Crippen LogP contribution in [0.3, 0.4) is 0 Å². The maximum Gasteiger partial charge on any atom is 0.191 e. The minimum absolute atomic E-state index is 0.648. The van der Waals surface area contributed by atoms with Gasteiger partial charge in [0.2, 0.25) is 0 Å². The molecule has 1 saturated heterocycles. The van der Waals surface area contributed by atoms with Gasteiger partial charge in [0.25, 0.3) is 0 Å². The van der Waals surface area contributed by atoms with Gasteiger partial charge in [-0.2, -0.15) is 0 Å². The summed E-state index contributed by atoms with van der Waals surface area (Å²) in [5.41, 5.74) is 5.27. The van der Waals surface area contributed by atoms with E-state index in [1.54, 1.807) is 0 Å². The molecule has 3 rings (SSSR count). The van der Waals surface area contributed by atoms with E-state index in [2.05, 4.69) is 82.9 Å². The average molecular weight is 351 g/mol. The number of aliphatic imine (C=N–C) groups is 1. The molecule has 4 heteroatoms. The van der Waals surface area contributed by atoms with E-state index in [-0.39, 0.29) is 0 Å². The molecule has 0 amide bonds. The van der Waals surface area contributed by atoms with Crippen LogP contribution >= 0.6 is 0 Å². The van der Waals surface area contributed by atoms with Gasteiger partial charge in [0.15, 0.2) is 5.96 Å². The highest BCUT2D eigenvalue weighted by Gasteiger charge is 2.22. The molecule has 0 radical (unpaired) electrons. The Bertz CT molecular complexity index is 739. The fourth-order valence-corrected chi connectivity index (χ4v) is 3.56. The largest absolute Gasteiger partial charge is 0.371 e.